The van der Waals surface area contributed by atoms with Crippen molar-refractivity contribution >= 4 is 10.2 Å². The molecule has 1 aliphatic rings. The van der Waals surface area contributed by atoms with E-state index >= 15 is 0 Å². The molecule has 1 aromatic rings. The van der Waals surface area contributed by atoms with Gasteiger partial charge in [-0.2, -0.15) is 17.4 Å². The van der Waals surface area contributed by atoms with Crippen molar-refractivity contribution in [1.29, 1.82) is 0 Å². The van der Waals surface area contributed by atoms with Gasteiger partial charge in [-0.3, -0.25) is 0 Å². The molecule has 2 heterocycles. The molecule has 2 rings (SSSR count). The Bertz CT molecular complexity index is 544. The summed E-state index contributed by atoms with van der Waals surface area (Å²) in [4.78, 5) is 0. The molecule has 1 fully saturated rings. The van der Waals surface area contributed by atoms with Crippen molar-refractivity contribution in [2.24, 2.45) is 13.0 Å². The smallest absolute Gasteiger partial charge is 0.280 e. The van der Waals surface area contributed by atoms with E-state index in [1.807, 2.05) is 0 Å². The minimum absolute atomic E-state index is 0.0187. The molecule has 8 nitrogen and oxygen atoms in total. The fourth-order valence-corrected chi connectivity index (χ4v) is 3.91. The van der Waals surface area contributed by atoms with Crippen LogP contribution in [-0.4, -0.2) is 52.3 Å². The van der Waals surface area contributed by atoms with Gasteiger partial charge < -0.3 is 9.67 Å². The molecule has 1 aromatic heterocycles. The first kappa shape index (κ1) is 15.4. The van der Waals surface area contributed by atoms with Gasteiger partial charge in [0.05, 0.1) is 6.04 Å². The lowest BCUT2D eigenvalue weighted by molar-refractivity contribution is 0.164. The summed E-state index contributed by atoms with van der Waals surface area (Å²) in [5.41, 5.74) is 0. The summed E-state index contributed by atoms with van der Waals surface area (Å²) >= 11 is 0. The second-order valence-electron chi connectivity index (χ2n) is 5.19. The van der Waals surface area contributed by atoms with Crippen LogP contribution in [0, 0.1) is 5.92 Å². The third-order valence-corrected chi connectivity index (χ3v) is 5.20. The van der Waals surface area contributed by atoms with E-state index in [-0.39, 0.29) is 12.5 Å². The zero-order valence-electron chi connectivity index (χ0n) is 11.7. The number of rotatable bonds is 5. The van der Waals surface area contributed by atoms with Crippen molar-refractivity contribution in [3.63, 3.8) is 0 Å². The molecule has 0 spiro atoms. The number of hydrogen-bond acceptors (Lipinski definition) is 5. The molecular weight excluding hydrogens is 282 g/mol. The lowest BCUT2D eigenvalue weighted by Crippen LogP contribution is -2.47. The molecule has 0 bridgehead atoms. The van der Waals surface area contributed by atoms with Crippen LogP contribution in [-0.2, 0) is 17.3 Å². The van der Waals surface area contributed by atoms with Gasteiger partial charge in [0, 0.05) is 26.7 Å². The molecule has 0 saturated carbocycles. The van der Waals surface area contributed by atoms with E-state index in [4.69, 9.17) is 0 Å². The van der Waals surface area contributed by atoms with Crippen molar-refractivity contribution in [3.05, 3.63) is 12.2 Å². The molecule has 0 aliphatic carbocycles. The van der Waals surface area contributed by atoms with Crippen LogP contribution < -0.4 is 4.72 Å². The summed E-state index contributed by atoms with van der Waals surface area (Å²) < 4.78 is 30.4. The molecule has 1 saturated heterocycles. The van der Waals surface area contributed by atoms with Crippen molar-refractivity contribution in [1.82, 2.24) is 23.8 Å². The van der Waals surface area contributed by atoms with Gasteiger partial charge in [0.25, 0.3) is 10.2 Å². The van der Waals surface area contributed by atoms with E-state index in [1.165, 1.54) is 10.6 Å². The monoisotopic (exact) mass is 303 g/mol. The van der Waals surface area contributed by atoms with Crippen LogP contribution in [0.1, 0.15) is 31.6 Å². The van der Waals surface area contributed by atoms with Crippen molar-refractivity contribution < 1.29 is 13.5 Å². The topological polar surface area (TPSA) is 100 Å². The molecule has 0 amide bonds. The highest BCUT2D eigenvalue weighted by Gasteiger charge is 2.30. The average Bonchev–Trinajstić information content (AvgIpc) is 2.84. The van der Waals surface area contributed by atoms with Crippen molar-refractivity contribution in [2.75, 3.05) is 19.7 Å². The summed E-state index contributed by atoms with van der Waals surface area (Å²) in [7, 11) is -1.81. The molecule has 2 N–H and O–H groups in total. The Hall–Kier alpha value is -1.03. The standard InChI is InChI=1S/C11H21N5O3S/c1-9(11-13-12-8-15(11)2)14-20(18,19)16-5-3-4-10(6-16)7-17/h8-10,14,17H,3-7H2,1-2H3. The Kier molecular flexibility index (Phi) is 4.74. The number of aryl methyl sites for hydroxylation is 1. The maximum Gasteiger partial charge on any atom is 0.280 e. The van der Waals surface area contributed by atoms with Crippen LogP contribution in [0.5, 0.6) is 0 Å². The summed E-state index contributed by atoms with van der Waals surface area (Å²) in [6.07, 6.45) is 3.16. The molecule has 1 aliphatic heterocycles. The fraction of sp³-hybridized carbons (Fsp3) is 0.818. The first-order valence-electron chi connectivity index (χ1n) is 6.66. The van der Waals surface area contributed by atoms with Gasteiger partial charge in [0.2, 0.25) is 0 Å². The van der Waals surface area contributed by atoms with E-state index in [0.717, 1.165) is 12.8 Å². The Labute approximate surface area is 119 Å². The molecule has 114 valence electrons. The third-order valence-electron chi connectivity index (χ3n) is 3.54. The van der Waals surface area contributed by atoms with Crippen LogP contribution in [0.3, 0.4) is 0 Å². The number of aliphatic hydroxyl groups is 1. The Balaban J connectivity index is 2.05. The highest BCUT2D eigenvalue weighted by atomic mass is 32.2. The Morgan fingerprint density at radius 1 is 1.60 bits per heavy atom. The number of nitrogens with zero attached hydrogens (tertiary/aromatic N) is 4. The van der Waals surface area contributed by atoms with E-state index in [0.29, 0.717) is 18.9 Å². The third kappa shape index (κ3) is 3.35. The first-order valence-corrected chi connectivity index (χ1v) is 8.10. The zero-order valence-corrected chi connectivity index (χ0v) is 12.5. The van der Waals surface area contributed by atoms with Crippen LogP contribution in [0.15, 0.2) is 6.33 Å². The van der Waals surface area contributed by atoms with Gasteiger partial charge in [-0.1, -0.05) is 0 Å². The Morgan fingerprint density at radius 2 is 2.35 bits per heavy atom. The maximum atomic E-state index is 12.3. The van der Waals surface area contributed by atoms with Gasteiger partial charge in [-0.25, -0.2) is 0 Å². The summed E-state index contributed by atoms with van der Waals surface area (Å²) in [5, 5.41) is 16.8. The number of aromatic nitrogens is 3. The number of nitrogens with one attached hydrogen (secondary N) is 1. The molecule has 20 heavy (non-hydrogen) atoms. The van der Waals surface area contributed by atoms with Crippen LogP contribution >= 0.6 is 0 Å². The summed E-state index contributed by atoms with van der Waals surface area (Å²) in [6.45, 7) is 2.59. The quantitative estimate of drug-likeness (QED) is 0.757. The van der Waals surface area contributed by atoms with E-state index in [1.54, 1.807) is 18.5 Å². The van der Waals surface area contributed by atoms with Crippen LogP contribution in [0.4, 0.5) is 0 Å². The largest absolute Gasteiger partial charge is 0.396 e. The van der Waals surface area contributed by atoms with Gasteiger partial charge in [0.1, 0.15) is 6.33 Å². The Morgan fingerprint density at radius 3 is 2.95 bits per heavy atom. The number of piperidine rings is 1. The van der Waals surface area contributed by atoms with Gasteiger partial charge in [-0.05, 0) is 25.7 Å². The molecule has 2 unspecified atom stereocenters. The predicted molar refractivity (Wildman–Crippen MR) is 72.9 cm³/mol. The second kappa shape index (κ2) is 6.17. The van der Waals surface area contributed by atoms with Crippen LogP contribution in [0.25, 0.3) is 0 Å². The van der Waals surface area contributed by atoms with E-state index < -0.39 is 16.3 Å². The summed E-state index contributed by atoms with van der Waals surface area (Å²) in [5.74, 6) is 0.578. The van der Waals surface area contributed by atoms with E-state index in [2.05, 4.69) is 14.9 Å². The molecule has 9 heteroatoms. The predicted octanol–water partition coefficient (Wildman–Crippen LogP) is -0.585. The number of hydrogen-bond donors (Lipinski definition) is 2. The second-order valence-corrected chi connectivity index (χ2v) is 6.90. The maximum absolute atomic E-state index is 12.3. The molecule has 0 aromatic carbocycles. The average molecular weight is 303 g/mol. The highest BCUT2D eigenvalue weighted by Crippen LogP contribution is 2.19. The minimum atomic E-state index is -3.58. The summed E-state index contributed by atoms with van der Waals surface area (Å²) in [6, 6.07) is -0.456. The molecule has 0 radical (unpaired) electrons. The van der Waals surface area contributed by atoms with Gasteiger partial charge >= 0.3 is 0 Å². The lowest BCUT2D eigenvalue weighted by Gasteiger charge is -2.31. The van der Waals surface area contributed by atoms with Gasteiger partial charge in [0.15, 0.2) is 5.82 Å². The minimum Gasteiger partial charge on any atom is -0.396 e. The number of aliphatic hydroxyl groups excluding tert-OH is 1. The first-order chi connectivity index (χ1) is 9.44. The fourth-order valence-electron chi connectivity index (χ4n) is 2.43. The normalized spacial score (nSPS) is 22.9. The van der Waals surface area contributed by atoms with Crippen LogP contribution in [0.2, 0.25) is 0 Å². The van der Waals surface area contributed by atoms with E-state index in [9.17, 15) is 13.5 Å². The lowest BCUT2D eigenvalue weighted by atomic mass is 10.0. The van der Waals surface area contributed by atoms with Crippen molar-refractivity contribution in [2.45, 2.75) is 25.8 Å². The zero-order chi connectivity index (χ0) is 14.8. The van der Waals surface area contributed by atoms with Crippen molar-refractivity contribution in [3.8, 4) is 0 Å². The van der Waals surface area contributed by atoms with Gasteiger partial charge in [-0.15, -0.1) is 10.2 Å². The molecule has 2 atom stereocenters. The SMILES string of the molecule is CC(NS(=O)(=O)N1CCCC(CO)C1)c1nncn1C. The highest BCUT2D eigenvalue weighted by molar-refractivity contribution is 7.87. The molecular formula is C11H21N5O3S.